The maximum absolute atomic E-state index is 13.3. The molecule has 0 radical (unpaired) electrons. The van der Waals surface area contributed by atoms with Gasteiger partial charge in [-0.15, -0.1) is 0 Å². The lowest BCUT2D eigenvalue weighted by Gasteiger charge is -2.20. The second-order valence-corrected chi connectivity index (χ2v) is 5.99. The highest BCUT2D eigenvalue weighted by atomic mass is 19.4. The number of carbonyl (C=O) groups excluding carboxylic acids is 1. The van der Waals surface area contributed by atoms with Gasteiger partial charge in [-0.1, -0.05) is 0 Å². The van der Waals surface area contributed by atoms with Crippen LogP contribution in [0.4, 0.5) is 13.2 Å². The van der Waals surface area contributed by atoms with E-state index in [2.05, 4.69) is 5.10 Å². The largest absolute Gasteiger partial charge is 0.478 e. The standard InChI is InChI=1S/C17H16F3N3O3/c1-2-22(11-7-8-11)15(24)10-3-5-12(6-4-10)23-14(17(18,19)20)13(9-21-23)16(25)26/h3-6,9,11H,2,7-8H2,1H3,(H,25,26). The van der Waals surface area contributed by atoms with Gasteiger partial charge in [-0.25, -0.2) is 9.48 Å². The molecule has 0 atom stereocenters. The highest BCUT2D eigenvalue weighted by Crippen LogP contribution is 2.34. The van der Waals surface area contributed by atoms with Crippen molar-refractivity contribution in [1.29, 1.82) is 0 Å². The number of nitrogens with zero attached hydrogens (tertiary/aromatic N) is 3. The molecular formula is C17H16F3N3O3. The number of aromatic carboxylic acids is 1. The Hall–Kier alpha value is -2.84. The van der Waals surface area contributed by atoms with Crippen LogP contribution in [0.3, 0.4) is 0 Å². The van der Waals surface area contributed by atoms with E-state index < -0.39 is 23.4 Å². The van der Waals surface area contributed by atoms with Crippen LogP contribution in [0, 0.1) is 0 Å². The number of carbonyl (C=O) groups is 2. The number of carboxylic acid groups (broad SMARTS) is 1. The summed E-state index contributed by atoms with van der Waals surface area (Å²) in [7, 11) is 0. The summed E-state index contributed by atoms with van der Waals surface area (Å²) in [6.45, 7) is 2.43. The molecule has 0 unspecified atom stereocenters. The smallest absolute Gasteiger partial charge is 0.434 e. The third-order valence-electron chi connectivity index (χ3n) is 4.22. The van der Waals surface area contributed by atoms with Crippen LogP contribution in [-0.2, 0) is 6.18 Å². The molecule has 0 saturated heterocycles. The molecule has 0 aliphatic heterocycles. The molecule has 0 bridgehead atoms. The second-order valence-electron chi connectivity index (χ2n) is 5.99. The molecule has 1 aromatic heterocycles. The number of amides is 1. The molecule has 0 spiro atoms. The molecule has 1 heterocycles. The molecule has 26 heavy (non-hydrogen) atoms. The van der Waals surface area contributed by atoms with Gasteiger partial charge in [0.2, 0.25) is 0 Å². The Balaban J connectivity index is 1.94. The lowest BCUT2D eigenvalue weighted by Crippen LogP contribution is -2.32. The van der Waals surface area contributed by atoms with Crippen LogP contribution in [0.5, 0.6) is 0 Å². The number of hydrogen-bond acceptors (Lipinski definition) is 3. The first-order valence-corrected chi connectivity index (χ1v) is 8.04. The van der Waals surface area contributed by atoms with Crippen molar-refractivity contribution in [1.82, 2.24) is 14.7 Å². The second kappa shape index (κ2) is 6.47. The Kier molecular flexibility index (Phi) is 4.47. The summed E-state index contributed by atoms with van der Waals surface area (Å²) >= 11 is 0. The number of halogens is 3. The van der Waals surface area contributed by atoms with Crippen LogP contribution >= 0.6 is 0 Å². The molecule has 1 fully saturated rings. The van der Waals surface area contributed by atoms with E-state index in [0.29, 0.717) is 23.0 Å². The topological polar surface area (TPSA) is 75.4 Å². The maximum Gasteiger partial charge on any atom is 0.434 e. The van der Waals surface area contributed by atoms with Crippen LogP contribution in [0.15, 0.2) is 30.5 Å². The van der Waals surface area contributed by atoms with Gasteiger partial charge in [0.1, 0.15) is 5.56 Å². The van der Waals surface area contributed by atoms with Crippen molar-refractivity contribution in [3.63, 3.8) is 0 Å². The average Bonchev–Trinajstić information content (AvgIpc) is 3.30. The van der Waals surface area contributed by atoms with E-state index in [4.69, 9.17) is 5.11 Å². The van der Waals surface area contributed by atoms with Gasteiger partial charge >= 0.3 is 12.1 Å². The van der Waals surface area contributed by atoms with Crippen LogP contribution < -0.4 is 0 Å². The SMILES string of the molecule is CCN(C(=O)c1ccc(-n2ncc(C(=O)O)c2C(F)(F)F)cc1)C1CC1. The van der Waals surface area contributed by atoms with Crippen molar-refractivity contribution in [3.05, 3.63) is 47.3 Å². The van der Waals surface area contributed by atoms with E-state index in [1.807, 2.05) is 6.92 Å². The van der Waals surface area contributed by atoms with Crippen LogP contribution in [-0.4, -0.2) is 44.3 Å². The minimum atomic E-state index is -4.89. The first-order chi connectivity index (χ1) is 12.2. The molecule has 1 saturated carbocycles. The predicted molar refractivity (Wildman–Crippen MR) is 85.3 cm³/mol. The van der Waals surface area contributed by atoms with Gasteiger partial charge in [0.25, 0.3) is 5.91 Å². The highest BCUT2D eigenvalue weighted by molar-refractivity contribution is 5.95. The van der Waals surface area contributed by atoms with Gasteiger partial charge in [-0.2, -0.15) is 18.3 Å². The number of aromatic nitrogens is 2. The molecule has 1 aromatic carbocycles. The summed E-state index contributed by atoms with van der Waals surface area (Å²) in [5.74, 6) is -1.89. The van der Waals surface area contributed by atoms with Gasteiger partial charge in [0.15, 0.2) is 5.69 Å². The van der Waals surface area contributed by atoms with E-state index in [1.54, 1.807) is 4.90 Å². The molecule has 6 nitrogen and oxygen atoms in total. The van der Waals surface area contributed by atoms with Crippen molar-refractivity contribution in [3.8, 4) is 5.69 Å². The summed E-state index contributed by atoms with van der Waals surface area (Å²) in [4.78, 5) is 25.2. The molecule has 1 N–H and O–H groups in total. The number of rotatable bonds is 5. The summed E-state index contributed by atoms with van der Waals surface area (Å²) in [5, 5.41) is 12.5. The van der Waals surface area contributed by atoms with E-state index in [1.165, 1.54) is 24.3 Å². The maximum atomic E-state index is 13.3. The highest BCUT2D eigenvalue weighted by Gasteiger charge is 2.40. The molecule has 1 aliphatic rings. The fraction of sp³-hybridized carbons (Fsp3) is 0.353. The van der Waals surface area contributed by atoms with Crippen molar-refractivity contribution in [2.24, 2.45) is 0 Å². The van der Waals surface area contributed by atoms with Crippen LogP contribution in [0.2, 0.25) is 0 Å². The fourth-order valence-corrected chi connectivity index (χ4v) is 2.84. The van der Waals surface area contributed by atoms with Crippen LogP contribution in [0.1, 0.15) is 46.2 Å². The summed E-state index contributed by atoms with van der Waals surface area (Å²) in [6, 6.07) is 5.72. The van der Waals surface area contributed by atoms with Gasteiger partial charge < -0.3 is 10.0 Å². The quantitative estimate of drug-likeness (QED) is 0.881. The first kappa shape index (κ1) is 18.0. The van der Waals surface area contributed by atoms with Crippen molar-refractivity contribution < 1.29 is 27.9 Å². The summed E-state index contributed by atoms with van der Waals surface area (Å²) in [6.07, 6.45) is -2.31. The van der Waals surface area contributed by atoms with Gasteiger partial charge in [-0.3, -0.25) is 4.79 Å². The Morgan fingerprint density at radius 2 is 1.88 bits per heavy atom. The van der Waals surface area contributed by atoms with Gasteiger partial charge in [-0.05, 0) is 44.0 Å². The number of alkyl halides is 3. The summed E-state index contributed by atoms with van der Waals surface area (Å²) in [5.41, 5.74) is -1.90. The number of benzene rings is 1. The van der Waals surface area contributed by atoms with Crippen molar-refractivity contribution in [2.45, 2.75) is 32.0 Å². The van der Waals surface area contributed by atoms with E-state index in [-0.39, 0.29) is 17.6 Å². The lowest BCUT2D eigenvalue weighted by molar-refractivity contribution is -0.143. The van der Waals surface area contributed by atoms with Crippen LogP contribution in [0.25, 0.3) is 5.69 Å². The lowest BCUT2D eigenvalue weighted by atomic mass is 10.1. The minimum Gasteiger partial charge on any atom is -0.478 e. The number of carboxylic acids is 1. The zero-order chi connectivity index (χ0) is 19.1. The van der Waals surface area contributed by atoms with E-state index in [0.717, 1.165) is 12.8 Å². The van der Waals surface area contributed by atoms with E-state index in [9.17, 15) is 22.8 Å². The average molecular weight is 367 g/mol. The Morgan fingerprint density at radius 3 is 2.35 bits per heavy atom. The van der Waals surface area contributed by atoms with Crippen molar-refractivity contribution in [2.75, 3.05) is 6.54 Å². The molecule has 1 aliphatic carbocycles. The van der Waals surface area contributed by atoms with Gasteiger partial charge in [0.05, 0.1) is 11.9 Å². The third-order valence-corrected chi connectivity index (χ3v) is 4.22. The first-order valence-electron chi connectivity index (χ1n) is 8.04. The normalized spacial score (nSPS) is 14.3. The monoisotopic (exact) mass is 367 g/mol. The Labute approximate surface area is 146 Å². The minimum absolute atomic E-state index is 0.0239. The Morgan fingerprint density at radius 1 is 1.27 bits per heavy atom. The molecular weight excluding hydrogens is 351 g/mol. The Bertz CT molecular complexity index is 839. The molecule has 2 aromatic rings. The zero-order valence-corrected chi connectivity index (χ0v) is 13.8. The fourth-order valence-electron chi connectivity index (χ4n) is 2.84. The zero-order valence-electron chi connectivity index (χ0n) is 13.8. The van der Waals surface area contributed by atoms with Crippen molar-refractivity contribution >= 4 is 11.9 Å². The molecule has 138 valence electrons. The van der Waals surface area contributed by atoms with E-state index >= 15 is 0 Å². The third kappa shape index (κ3) is 3.29. The van der Waals surface area contributed by atoms with Gasteiger partial charge in [0, 0.05) is 18.2 Å². The molecule has 3 rings (SSSR count). The molecule has 1 amide bonds. The molecule has 9 heteroatoms. The number of hydrogen-bond donors (Lipinski definition) is 1. The predicted octanol–water partition coefficient (Wildman–Crippen LogP) is 3.21. The summed E-state index contributed by atoms with van der Waals surface area (Å²) < 4.78 is 40.3.